The van der Waals surface area contributed by atoms with Crippen molar-refractivity contribution in [2.24, 2.45) is 0 Å². The lowest BCUT2D eigenvalue weighted by molar-refractivity contribution is -0.137. The number of nitrogens with one attached hydrogen (secondary N) is 2. The minimum atomic E-state index is -0.560. The maximum Gasteiger partial charge on any atom is 0.236 e. The Morgan fingerprint density at radius 3 is 2.36 bits per heavy atom. The summed E-state index contributed by atoms with van der Waals surface area (Å²) in [6.07, 6.45) is 5.18. The predicted molar refractivity (Wildman–Crippen MR) is 87.5 cm³/mol. The molecular formula is C18H26N2O2. The van der Waals surface area contributed by atoms with Crippen LogP contribution >= 0.6 is 0 Å². The first-order valence-corrected chi connectivity index (χ1v) is 8.15. The molecule has 4 heteroatoms. The molecule has 1 aromatic carbocycles. The van der Waals surface area contributed by atoms with Crippen molar-refractivity contribution in [3.05, 3.63) is 35.9 Å². The van der Waals surface area contributed by atoms with Crippen LogP contribution in [0.5, 0.6) is 0 Å². The molecule has 120 valence electrons. The van der Waals surface area contributed by atoms with E-state index in [9.17, 15) is 9.59 Å². The van der Waals surface area contributed by atoms with Crippen LogP contribution in [0.2, 0.25) is 0 Å². The van der Waals surface area contributed by atoms with Crippen LogP contribution in [0.25, 0.3) is 0 Å². The third-order valence-corrected chi connectivity index (χ3v) is 4.57. The van der Waals surface area contributed by atoms with Crippen LogP contribution in [-0.2, 0) is 15.0 Å². The molecule has 22 heavy (non-hydrogen) atoms. The molecule has 2 aliphatic rings. The van der Waals surface area contributed by atoms with Gasteiger partial charge >= 0.3 is 0 Å². The highest BCUT2D eigenvalue weighted by Crippen LogP contribution is 2.31. The lowest BCUT2D eigenvalue weighted by Crippen LogP contribution is -2.49. The van der Waals surface area contributed by atoms with E-state index in [0.717, 1.165) is 11.6 Å². The molecule has 2 fully saturated rings. The van der Waals surface area contributed by atoms with Gasteiger partial charge in [0.25, 0.3) is 0 Å². The first-order valence-electron chi connectivity index (χ1n) is 8.15. The normalized spacial score (nSPS) is 28.4. The van der Waals surface area contributed by atoms with Crippen LogP contribution in [0.4, 0.5) is 0 Å². The molecule has 2 saturated heterocycles. The second-order valence-corrected chi connectivity index (χ2v) is 6.43. The number of rotatable bonds is 1. The van der Waals surface area contributed by atoms with Gasteiger partial charge in [0.2, 0.25) is 11.8 Å². The zero-order valence-electron chi connectivity index (χ0n) is 13.5. The number of benzene rings is 1. The van der Waals surface area contributed by atoms with E-state index in [1.165, 1.54) is 25.8 Å². The van der Waals surface area contributed by atoms with Crippen molar-refractivity contribution in [1.82, 2.24) is 10.6 Å². The fourth-order valence-corrected chi connectivity index (χ4v) is 2.91. The number of amides is 2. The van der Waals surface area contributed by atoms with E-state index in [2.05, 4.69) is 17.6 Å². The summed E-state index contributed by atoms with van der Waals surface area (Å²) < 4.78 is 0. The number of hydrogen-bond acceptors (Lipinski definition) is 3. The Bertz CT molecular complexity index is 509. The van der Waals surface area contributed by atoms with Crippen LogP contribution in [0.1, 0.15) is 51.5 Å². The Hall–Kier alpha value is -1.68. The van der Waals surface area contributed by atoms with Crippen molar-refractivity contribution >= 4 is 11.8 Å². The van der Waals surface area contributed by atoms with Gasteiger partial charge in [0.1, 0.15) is 0 Å². The molecule has 0 bridgehead atoms. The zero-order valence-corrected chi connectivity index (χ0v) is 13.5. The van der Waals surface area contributed by atoms with Gasteiger partial charge in [0.15, 0.2) is 0 Å². The van der Waals surface area contributed by atoms with Gasteiger partial charge in [0.05, 0.1) is 5.41 Å². The van der Waals surface area contributed by atoms with Crippen molar-refractivity contribution in [2.45, 2.75) is 57.4 Å². The van der Waals surface area contributed by atoms with Gasteiger partial charge in [-0.3, -0.25) is 14.9 Å². The fraction of sp³-hybridized carbons (Fsp3) is 0.556. The first-order chi connectivity index (χ1) is 10.5. The summed E-state index contributed by atoms with van der Waals surface area (Å²) >= 11 is 0. The maximum atomic E-state index is 11.8. The van der Waals surface area contributed by atoms with Crippen LogP contribution in [0.15, 0.2) is 30.3 Å². The third-order valence-electron chi connectivity index (χ3n) is 4.57. The first kappa shape index (κ1) is 16.7. The van der Waals surface area contributed by atoms with E-state index < -0.39 is 5.41 Å². The number of carbonyl (C=O) groups excluding carboxylic acids is 2. The van der Waals surface area contributed by atoms with Crippen molar-refractivity contribution in [3.63, 3.8) is 0 Å². The predicted octanol–water partition coefficient (Wildman–Crippen LogP) is 2.53. The standard InChI is InChI=1S/C12H13NO2.C6H13N/c1-12(9-5-3-2-4-6-9)8-7-10(14)13-11(12)15;1-6-4-2-3-5-7-6/h2-6H,7-8H2,1H3,(H,13,14,15);6-7H,2-5H2,1H3. The Kier molecular flexibility index (Phi) is 5.72. The van der Waals surface area contributed by atoms with E-state index in [1.807, 2.05) is 37.3 Å². The van der Waals surface area contributed by atoms with Crippen LogP contribution in [0, 0.1) is 0 Å². The number of piperidine rings is 2. The average Bonchev–Trinajstić information content (AvgIpc) is 2.54. The van der Waals surface area contributed by atoms with Crippen molar-refractivity contribution in [1.29, 1.82) is 0 Å². The molecule has 0 saturated carbocycles. The highest BCUT2D eigenvalue weighted by Gasteiger charge is 2.39. The second kappa shape index (κ2) is 7.54. The summed E-state index contributed by atoms with van der Waals surface area (Å²) in [6.45, 7) is 5.37. The molecule has 2 atom stereocenters. The molecule has 2 unspecified atom stereocenters. The summed E-state index contributed by atoms with van der Waals surface area (Å²) in [4.78, 5) is 22.9. The third kappa shape index (κ3) is 4.17. The Balaban J connectivity index is 0.000000211. The summed E-state index contributed by atoms with van der Waals surface area (Å²) in [5.74, 6) is -0.363. The molecule has 0 radical (unpaired) electrons. The topological polar surface area (TPSA) is 58.2 Å². The van der Waals surface area contributed by atoms with E-state index in [-0.39, 0.29) is 11.8 Å². The van der Waals surface area contributed by atoms with Gasteiger partial charge in [0, 0.05) is 12.5 Å². The lowest BCUT2D eigenvalue weighted by Gasteiger charge is -2.31. The van der Waals surface area contributed by atoms with Gasteiger partial charge < -0.3 is 5.32 Å². The molecule has 2 heterocycles. The molecule has 0 aromatic heterocycles. The molecule has 0 spiro atoms. The fourth-order valence-electron chi connectivity index (χ4n) is 2.91. The van der Waals surface area contributed by atoms with E-state index in [1.54, 1.807) is 0 Å². The smallest absolute Gasteiger partial charge is 0.236 e. The van der Waals surface area contributed by atoms with Crippen LogP contribution < -0.4 is 10.6 Å². The molecule has 3 rings (SSSR count). The molecule has 2 aliphatic heterocycles. The highest BCUT2D eigenvalue weighted by atomic mass is 16.2. The van der Waals surface area contributed by atoms with Gasteiger partial charge in [-0.2, -0.15) is 0 Å². The van der Waals surface area contributed by atoms with Crippen molar-refractivity contribution in [2.75, 3.05) is 6.54 Å². The van der Waals surface area contributed by atoms with E-state index >= 15 is 0 Å². The van der Waals surface area contributed by atoms with Gasteiger partial charge in [-0.1, -0.05) is 36.8 Å². The second-order valence-electron chi connectivity index (χ2n) is 6.43. The zero-order chi connectivity index (χ0) is 16.0. The van der Waals surface area contributed by atoms with E-state index in [0.29, 0.717) is 12.8 Å². The van der Waals surface area contributed by atoms with Crippen molar-refractivity contribution in [3.8, 4) is 0 Å². The number of imide groups is 1. The van der Waals surface area contributed by atoms with Gasteiger partial charge in [-0.25, -0.2) is 0 Å². The summed E-state index contributed by atoms with van der Waals surface area (Å²) in [6, 6.07) is 10.4. The summed E-state index contributed by atoms with van der Waals surface area (Å²) in [5, 5.41) is 5.77. The van der Waals surface area contributed by atoms with Gasteiger partial charge in [-0.15, -0.1) is 0 Å². The van der Waals surface area contributed by atoms with E-state index in [4.69, 9.17) is 0 Å². The SMILES string of the molecule is CC1(c2ccccc2)CCC(=O)NC1=O.CC1CCCCN1. The summed E-state index contributed by atoms with van der Waals surface area (Å²) in [7, 11) is 0. The quantitative estimate of drug-likeness (QED) is 0.784. The Morgan fingerprint density at radius 2 is 1.86 bits per heavy atom. The number of carbonyl (C=O) groups is 2. The lowest BCUT2D eigenvalue weighted by atomic mass is 9.76. The average molecular weight is 302 g/mol. The Morgan fingerprint density at radius 1 is 1.14 bits per heavy atom. The van der Waals surface area contributed by atoms with Crippen LogP contribution in [0.3, 0.4) is 0 Å². The minimum absolute atomic E-state index is 0.173. The molecule has 2 N–H and O–H groups in total. The van der Waals surface area contributed by atoms with Crippen LogP contribution in [-0.4, -0.2) is 24.4 Å². The highest BCUT2D eigenvalue weighted by molar-refractivity contribution is 6.03. The Labute approximate surface area is 132 Å². The maximum absolute atomic E-state index is 11.8. The number of hydrogen-bond donors (Lipinski definition) is 2. The van der Waals surface area contributed by atoms with Crippen molar-refractivity contribution < 1.29 is 9.59 Å². The molecular weight excluding hydrogens is 276 g/mol. The molecule has 1 aromatic rings. The summed E-state index contributed by atoms with van der Waals surface area (Å²) in [5.41, 5.74) is 0.407. The molecule has 0 aliphatic carbocycles. The van der Waals surface area contributed by atoms with Gasteiger partial charge in [-0.05, 0) is 45.2 Å². The molecule has 2 amide bonds. The largest absolute Gasteiger partial charge is 0.314 e. The molecule has 4 nitrogen and oxygen atoms in total. The monoisotopic (exact) mass is 302 g/mol. The minimum Gasteiger partial charge on any atom is -0.314 e.